The van der Waals surface area contributed by atoms with Gasteiger partial charge in [0.25, 0.3) is 11.1 Å². The van der Waals surface area contributed by atoms with Crippen molar-refractivity contribution in [3.63, 3.8) is 0 Å². The predicted octanol–water partition coefficient (Wildman–Crippen LogP) is -0.174. The highest BCUT2D eigenvalue weighted by Gasteiger charge is 1.91. The van der Waals surface area contributed by atoms with E-state index < -0.39 is 0 Å². The zero-order valence-electron chi connectivity index (χ0n) is 4.27. The minimum absolute atomic E-state index is 0.242. The number of H-pyrrole nitrogens is 2. The first-order chi connectivity index (χ1) is 4.20. The van der Waals surface area contributed by atoms with Gasteiger partial charge in [0.05, 0.1) is 4.47 Å². The largest absolute Gasteiger partial charge is 0.276 e. The van der Waals surface area contributed by atoms with E-state index in [2.05, 4.69) is 26.1 Å². The van der Waals surface area contributed by atoms with E-state index in [1.807, 2.05) is 0 Å². The molecule has 48 valence electrons. The van der Waals surface area contributed by atoms with Crippen molar-refractivity contribution in [2.75, 3.05) is 0 Å². The van der Waals surface area contributed by atoms with Gasteiger partial charge in [-0.05, 0) is 15.9 Å². The molecule has 4 nitrogen and oxygen atoms in total. The van der Waals surface area contributed by atoms with Crippen molar-refractivity contribution < 1.29 is 0 Å². The second-order valence-electron chi connectivity index (χ2n) is 1.44. The third-order valence-electron chi connectivity index (χ3n) is 0.774. The summed E-state index contributed by atoms with van der Waals surface area (Å²) in [7, 11) is 0. The lowest BCUT2D eigenvalue weighted by Crippen LogP contribution is -2.17. The minimum Gasteiger partial charge on any atom is -0.268 e. The second-order valence-corrected chi connectivity index (χ2v) is 2.29. The summed E-state index contributed by atoms with van der Waals surface area (Å²) >= 11 is 2.88. The SMILES string of the molecule is O=c1cc(Br)c(=O)[nH][nH]1. The molecule has 0 amide bonds. The van der Waals surface area contributed by atoms with Gasteiger partial charge in [0.15, 0.2) is 0 Å². The van der Waals surface area contributed by atoms with Crippen LogP contribution in [-0.2, 0) is 0 Å². The van der Waals surface area contributed by atoms with Crippen molar-refractivity contribution in [2.45, 2.75) is 0 Å². The second kappa shape index (κ2) is 2.18. The Morgan fingerprint density at radius 3 is 2.44 bits per heavy atom. The van der Waals surface area contributed by atoms with Gasteiger partial charge in [-0.2, -0.15) is 0 Å². The molecule has 1 rings (SSSR count). The van der Waals surface area contributed by atoms with E-state index in [-0.39, 0.29) is 15.6 Å². The minimum atomic E-state index is -0.338. The van der Waals surface area contributed by atoms with Gasteiger partial charge < -0.3 is 0 Å². The van der Waals surface area contributed by atoms with Crippen LogP contribution in [0.15, 0.2) is 20.1 Å². The van der Waals surface area contributed by atoms with Crippen molar-refractivity contribution >= 4 is 15.9 Å². The quantitative estimate of drug-likeness (QED) is 0.597. The zero-order chi connectivity index (χ0) is 6.85. The Morgan fingerprint density at radius 1 is 1.33 bits per heavy atom. The molecule has 1 aromatic rings. The molecule has 0 atom stereocenters. The van der Waals surface area contributed by atoms with E-state index in [0.717, 1.165) is 0 Å². The summed E-state index contributed by atoms with van der Waals surface area (Å²) in [6.07, 6.45) is 0. The highest BCUT2D eigenvalue weighted by Crippen LogP contribution is 1.93. The van der Waals surface area contributed by atoms with Gasteiger partial charge >= 0.3 is 0 Å². The van der Waals surface area contributed by atoms with Crippen molar-refractivity contribution in [1.29, 1.82) is 0 Å². The molecular weight excluding hydrogens is 188 g/mol. The normalized spacial score (nSPS) is 9.44. The molecule has 1 heterocycles. The summed E-state index contributed by atoms with van der Waals surface area (Å²) in [5.74, 6) is 0. The van der Waals surface area contributed by atoms with Crippen molar-refractivity contribution in [1.82, 2.24) is 10.2 Å². The van der Waals surface area contributed by atoms with Gasteiger partial charge in [0.2, 0.25) is 0 Å². The number of rotatable bonds is 0. The van der Waals surface area contributed by atoms with Crippen LogP contribution in [0.5, 0.6) is 0 Å². The average molecular weight is 191 g/mol. The molecule has 0 bridgehead atoms. The molecule has 0 aliphatic heterocycles. The molecule has 0 aliphatic carbocycles. The van der Waals surface area contributed by atoms with Gasteiger partial charge in [0.1, 0.15) is 0 Å². The third-order valence-corrected chi connectivity index (χ3v) is 1.36. The van der Waals surface area contributed by atoms with Crippen LogP contribution >= 0.6 is 15.9 Å². The standard InChI is InChI=1S/C4H3BrN2O2/c5-2-1-3(8)6-7-4(2)9/h1H,(H,6,8)(H,7,9). The average Bonchev–Trinajstić information content (AvgIpc) is 1.80. The lowest BCUT2D eigenvalue weighted by molar-refractivity contribution is 0.942. The number of halogens is 1. The molecule has 0 saturated heterocycles. The first kappa shape index (κ1) is 6.28. The summed E-state index contributed by atoms with van der Waals surface area (Å²) in [6, 6.07) is 1.17. The topological polar surface area (TPSA) is 65.7 Å². The van der Waals surface area contributed by atoms with Crippen LogP contribution in [0.3, 0.4) is 0 Å². The van der Waals surface area contributed by atoms with E-state index in [4.69, 9.17) is 0 Å². The molecule has 9 heavy (non-hydrogen) atoms. The summed E-state index contributed by atoms with van der Waals surface area (Å²) in [5.41, 5.74) is -0.670. The van der Waals surface area contributed by atoms with Crippen LogP contribution in [0, 0.1) is 0 Å². The van der Waals surface area contributed by atoms with Crippen LogP contribution in [0.25, 0.3) is 0 Å². The number of hydrogen-bond donors (Lipinski definition) is 2. The lowest BCUT2D eigenvalue weighted by Gasteiger charge is -1.82. The summed E-state index contributed by atoms with van der Waals surface area (Å²) < 4.78 is 0.242. The summed E-state index contributed by atoms with van der Waals surface area (Å²) in [5, 5.41) is 4.25. The molecule has 0 radical (unpaired) electrons. The highest BCUT2D eigenvalue weighted by atomic mass is 79.9. The molecule has 0 spiro atoms. The summed E-state index contributed by atoms with van der Waals surface area (Å²) in [6.45, 7) is 0. The Bertz CT molecular complexity index is 313. The molecule has 5 heteroatoms. The fraction of sp³-hybridized carbons (Fsp3) is 0. The number of nitrogens with one attached hydrogen (secondary N) is 2. The molecule has 0 aliphatic rings. The maximum absolute atomic E-state index is 10.5. The van der Waals surface area contributed by atoms with E-state index in [0.29, 0.717) is 0 Å². The molecule has 0 aromatic carbocycles. The smallest absolute Gasteiger partial charge is 0.268 e. The Labute approximate surface area is 58.0 Å². The fourth-order valence-corrected chi connectivity index (χ4v) is 0.702. The molecule has 0 saturated carbocycles. The van der Waals surface area contributed by atoms with Gasteiger partial charge in [-0.3, -0.25) is 19.8 Å². The van der Waals surface area contributed by atoms with Gasteiger partial charge in [0, 0.05) is 6.07 Å². The van der Waals surface area contributed by atoms with Gasteiger partial charge in [-0.1, -0.05) is 0 Å². The fourth-order valence-electron chi connectivity index (χ4n) is 0.395. The Hall–Kier alpha value is -0.840. The Kier molecular flexibility index (Phi) is 1.52. The number of aromatic amines is 2. The van der Waals surface area contributed by atoms with Crippen LogP contribution in [0.2, 0.25) is 0 Å². The Balaban J connectivity index is 3.52. The van der Waals surface area contributed by atoms with Crippen LogP contribution < -0.4 is 11.1 Å². The summed E-state index contributed by atoms with van der Waals surface area (Å²) in [4.78, 5) is 20.9. The third kappa shape index (κ3) is 1.29. The van der Waals surface area contributed by atoms with E-state index in [9.17, 15) is 9.59 Å². The van der Waals surface area contributed by atoms with Crippen molar-refractivity contribution in [3.05, 3.63) is 31.2 Å². The van der Waals surface area contributed by atoms with Crippen LogP contribution in [0.4, 0.5) is 0 Å². The Morgan fingerprint density at radius 2 is 2.00 bits per heavy atom. The number of aromatic nitrogens is 2. The van der Waals surface area contributed by atoms with E-state index in [1.165, 1.54) is 6.07 Å². The molecule has 0 unspecified atom stereocenters. The molecular formula is C4H3BrN2O2. The van der Waals surface area contributed by atoms with E-state index >= 15 is 0 Å². The first-order valence-electron chi connectivity index (χ1n) is 2.17. The maximum atomic E-state index is 10.5. The van der Waals surface area contributed by atoms with Crippen LogP contribution in [-0.4, -0.2) is 10.2 Å². The molecule has 0 fully saturated rings. The monoisotopic (exact) mass is 190 g/mol. The highest BCUT2D eigenvalue weighted by molar-refractivity contribution is 9.10. The van der Waals surface area contributed by atoms with Crippen molar-refractivity contribution in [3.8, 4) is 0 Å². The number of hydrogen-bond acceptors (Lipinski definition) is 2. The lowest BCUT2D eigenvalue weighted by atomic mass is 10.6. The predicted molar refractivity (Wildman–Crippen MR) is 35.4 cm³/mol. The van der Waals surface area contributed by atoms with Gasteiger partial charge in [-0.15, -0.1) is 0 Å². The zero-order valence-corrected chi connectivity index (χ0v) is 5.86. The van der Waals surface area contributed by atoms with E-state index in [1.54, 1.807) is 0 Å². The first-order valence-corrected chi connectivity index (χ1v) is 2.97. The van der Waals surface area contributed by atoms with Gasteiger partial charge in [-0.25, -0.2) is 0 Å². The molecule has 2 N–H and O–H groups in total. The van der Waals surface area contributed by atoms with Crippen molar-refractivity contribution in [2.24, 2.45) is 0 Å². The maximum Gasteiger partial charge on any atom is 0.276 e. The van der Waals surface area contributed by atoms with Crippen LogP contribution in [0.1, 0.15) is 0 Å². The molecule has 1 aromatic heterocycles.